The van der Waals surface area contributed by atoms with E-state index in [2.05, 4.69) is 5.32 Å². The molecule has 1 amide bonds. The van der Waals surface area contributed by atoms with Gasteiger partial charge in [-0.25, -0.2) is 0 Å². The summed E-state index contributed by atoms with van der Waals surface area (Å²) in [5, 5.41) is 4.35. The standard InChI is InChI=1S/C20H20N2O3/c1-14-11-15-7-3-5-9-17(15)20(24)22(14)13-19(23)21-12-16-8-4-6-10-18(16)25-2/h3-11H,12-13H2,1-2H3,(H,21,23). The highest BCUT2D eigenvalue weighted by Crippen LogP contribution is 2.16. The summed E-state index contributed by atoms with van der Waals surface area (Å²) < 4.78 is 6.78. The Hall–Kier alpha value is -3.08. The van der Waals surface area contributed by atoms with Crippen LogP contribution >= 0.6 is 0 Å². The molecule has 25 heavy (non-hydrogen) atoms. The van der Waals surface area contributed by atoms with Gasteiger partial charge in [-0.05, 0) is 30.5 Å². The van der Waals surface area contributed by atoms with Crippen molar-refractivity contribution in [3.63, 3.8) is 0 Å². The molecule has 0 spiro atoms. The van der Waals surface area contributed by atoms with Crippen LogP contribution in [0.15, 0.2) is 59.4 Å². The number of fused-ring (bicyclic) bond motifs is 1. The lowest BCUT2D eigenvalue weighted by molar-refractivity contribution is -0.121. The van der Waals surface area contributed by atoms with Crippen LogP contribution in [-0.2, 0) is 17.9 Å². The number of para-hydroxylation sites is 1. The molecular formula is C20H20N2O3. The average molecular weight is 336 g/mol. The van der Waals surface area contributed by atoms with E-state index < -0.39 is 0 Å². The van der Waals surface area contributed by atoms with E-state index in [0.717, 1.165) is 22.4 Å². The predicted octanol–water partition coefficient (Wildman–Crippen LogP) is 2.63. The second-order valence-electron chi connectivity index (χ2n) is 5.85. The van der Waals surface area contributed by atoms with Gasteiger partial charge in [-0.15, -0.1) is 0 Å². The van der Waals surface area contributed by atoms with Crippen LogP contribution in [0.5, 0.6) is 5.75 Å². The highest BCUT2D eigenvalue weighted by Gasteiger charge is 2.11. The quantitative estimate of drug-likeness (QED) is 0.779. The third-order valence-electron chi connectivity index (χ3n) is 4.20. The van der Waals surface area contributed by atoms with Crippen molar-refractivity contribution >= 4 is 16.7 Å². The van der Waals surface area contributed by atoms with Gasteiger partial charge < -0.3 is 14.6 Å². The number of aromatic nitrogens is 1. The molecule has 5 nitrogen and oxygen atoms in total. The molecule has 0 saturated heterocycles. The Morgan fingerprint density at radius 3 is 2.64 bits per heavy atom. The summed E-state index contributed by atoms with van der Waals surface area (Å²) >= 11 is 0. The lowest BCUT2D eigenvalue weighted by Gasteiger charge is -2.13. The second-order valence-corrected chi connectivity index (χ2v) is 5.85. The largest absolute Gasteiger partial charge is 0.496 e. The fraction of sp³-hybridized carbons (Fsp3) is 0.200. The number of methoxy groups -OCH3 is 1. The fourth-order valence-corrected chi connectivity index (χ4v) is 2.87. The van der Waals surface area contributed by atoms with Crippen LogP contribution in [0.1, 0.15) is 11.3 Å². The van der Waals surface area contributed by atoms with Crippen LogP contribution in [0.3, 0.4) is 0 Å². The maximum Gasteiger partial charge on any atom is 0.259 e. The van der Waals surface area contributed by atoms with Crippen LogP contribution in [0.25, 0.3) is 10.8 Å². The van der Waals surface area contributed by atoms with Crippen LogP contribution in [0, 0.1) is 6.92 Å². The predicted molar refractivity (Wildman–Crippen MR) is 97.8 cm³/mol. The van der Waals surface area contributed by atoms with Crippen molar-refractivity contribution in [2.75, 3.05) is 7.11 Å². The van der Waals surface area contributed by atoms with E-state index in [1.165, 1.54) is 4.57 Å². The Bertz CT molecular complexity index is 976. The van der Waals surface area contributed by atoms with Crippen molar-refractivity contribution in [1.82, 2.24) is 9.88 Å². The molecule has 3 rings (SSSR count). The van der Waals surface area contributed by atoms with Gasteiger partial charge in [0.1, 0.15) is 12.3 Å². The van der Waals surface area contributed by atoms with Gasteiger partial charge in [0, 0.05) is 23.2 Å². The maximum atomic E-state index is 12.6. The number of aryl methyl sites for hydroxylation is 1. The number of pyridine rings is 1. The van der Waals surface area contributed by atoms with Crippen molar-refractivity contribution in [3.05, 3.63) is 76.2 Å². The summed E-state index contributed by atoms with van der Waals surface area (Å²) in [6, 6.07) is 16.8. The zero-order valence-electron chi connectivity index (χ0n) is 14.3. The first-order valence-corrected chi connectivity index (χ1v) is 8.08. The van der Waals surface area contributed by atoms with Gasteiger partial charge in [0.2, 0.25) is 5.91 Å². The SMILES string of the molecule is COc1ccccc1CNC(=O)Cn1c(C)cc2ccccc2c1=O. The zero-order valence-corrected chi connectivity index (χ0v) is 14.3. The zero-order chi connectivity index (χ0) is 17.8. The first-order chi connectivity index (χ1) is 12.1. The average Bonchev–Trinajstić information content (AvgIpc) is 2.63. The Morgan fingerprint density at radius 1 is 1.12 bits per heavy atom. The summed E-state index contributed by atoms with van der Waals surface area (Å²) in [5.74, 6) is 0.508. The van der Waals surface area contributed by atoms with Crippen LogP contribution in [0.4, 0.5) is 0 Å². The topological polar surface area (TPSA) is 60.3 Å². The summed E-state index contributed by atoms with van der Waals surface area (Å²) in [4.78, 5) is 24.9. The van der Waals surface area contributed by atoms with Crippen molar-refractivity contribution in [1.29, 1.82) is 0 Å². The number of carbonyl (C=O) groups excluding carboxylic acids is 1. The van der Waals surface area contributed by atoms with E-state index in [0.29, 0.717) is 11.9 Å². The molecule has 0 unspecified atom stereocenters. The molecule has 0 fully saturated rings. The molecule has 1 heterocycles. The first kappa shape index (κ1) is 16.8. The van der Waals surface area contributed by atoms with Gasteiger partial charge in [-0.1, -0.05) is 36.4 Å². The molecule has 128 valence electrons. The van der Waals surface area contributed by atoms with Gasteiger partial charge in [0.05, 0.1) is 7.11 Å². The molecule has 3 aromatic rings. The molecule has 1 N–H and O–H groups in total. The monoisotopic (exact) mass is 336 g/mol. The number of benzene rings is 2. The van der Waals surface area contributed by atoms with Crippen LogP contribution in [-0.4, -0.2) is 17.6 Å². The fourth-order valence-electron chi connectivity index (χ4n) is 2.87. The van der Waals surface area contributed by atoms with Crippen LogP contribution in [0.2, 0.25) is 0 Å². The number of nitrogens with zero attached hydrogens (tertiary/aromatic N) is 1. The van der Waals surface area contributed by atoms with E-state index in [-0.39, 0.29) is 18.0 Å². The molecule has 0 atom stereocenters. The lowest BCUT2D eigenvalue weighted by atomic mass is 10.1. The molecule has 0 saturated carbocycles. The minimum Gasteiger partial charge on any atom is -0.496 e. The summed E-state index contributed by atoms with van der Waals surface area (Å²) in [6.07, 6.45) is 0. The number of rotatable bonds is 5. The molecule has 5 heteroatoms. The molecule has 0 radical (unpaired) electrons. The maximum absolute atomic E-state index is 12.6. The molecule has 2 aromatic carbocycles. The van der Waals surface area contributed by atoms with Gasteiger partial charge in [0.15, 0.2) is 0 Å². The van der Waals surface area contributed by atoms with Crippen LogP contribution < -0.4 is 15.6 Å². The first-order valence-electron chi connectivity index (χ1n) is 8.08. The van der Waals surface area contributed by atoms with Crippen molar-refractivity contribution in [3.8, 4) is 5.75 Å². The number of hydrogen-bond acceptors (Lipinski definition) is 3. The summed E-state index contributed by atoms with van der Waals surface area (Å²) in [6.45, 7) is 2.18. The van der Waals surface area contributed by atoms with Crippen molar-refractivity contribution in [2.45, 2.75) is 20.0 Å². The molecule has 0 aliphatic rings. The minimum absolute atomic E-state index is 0.00928. The highest BCUT2D eigenvalue weighted by atomic mass is 16.5. The second kappa shape index (κ2) is 7.21. The van der Waals surface area contributed by atoms with Gasteiger partial charge in [0.25, 0.3) is 5.56 Å². The molecule has 1 aromatic heterocycles. The molecule has 0 bridgehead atoms. The number of hydrogen-bond donors (Lipinski definition) is 1. The normalized spacial score (nSPS) is 10.6. The highest BCUT2D eigenvalue weighted by molar-refractivity contribution is 5.82. The number of ether oxygens (including phenoxy) is 1. The Kier molecular flexibility index (Phi) is 4.84. The van der Waals surface area contributed by atoms with E-state index >= 15 is 0 Å². The summed E-state index contributed by atoms with van der Waals surface area (Å²) in [5.41, 5.74) is 1.50. The van der Waals surface area contributed by atoms with E-state index in [1.807, 2.05) is 55.5 Å². The van der Waals surface area contributed by atoms with Gasteiger partial charge in [-0.3, -0.25) is 9.59 Å². The molecule has 0 aliphatic heterocycles. The van der Waals surface area contributed by atoms with E-state index in [4.69, 9.17) is 4.74 Å². The third kappa shape index (κ3) is 3.55. The molecule has 0 aliphatic carbocycles. The van der Waals surface area contributed by atoms with Gasteiger partial charge >= 0.3 is 0 Å². The number of amides is 1. The summed E-state index contributed by atoms with van der Waals surface area (Å²) in [7, 11) is 1.60. The van der Waals surface area contributed by atoms with Crippen molar-refractivity contribution in [2.24, 2.45) is 0 Å². The number of nitrogens with one attached hydrogen (secondary N) is 1. The Morgan fingerprint density at radius 2 is 1.84 bits per heavy atom. The minimum atomic E-state index is -0.216. The van der Waals surface area contributed by atoms with E-state index in [9.17, 15) is 9.59 Å². The Balaban J connectivity index is 1.77. The third-order valence-corrected chi connectivity index (χ3v) is 4.20. The Labute approximate surface area is 145 Å². The van der Waals surface area contributed by atoms with Crippen molar-refractivity contribution < 1.29 is 9.53 Å². The lowest BCUT2D eigenvalue weighted by Crippen LogP contribution is -2.33. The van der Waals surface area contributed by atoms with Gasteiger partial charge in [-0.2, -0.15) is 0 Å². The smallest absolute Gasteiger partial charge is 0.259 e. The molecular weight excluding hydrogens is 316 g/mol. The van der Waals surface area contributed by atoms with E-state index in [1.54, 1.807) is 13.2 Å². The number of carbonyl (C=O) groups is 1.